The van der Waals surface area contributed by atoms with Gasteiger partial charge in [-0.1, -0.05) is 24.1 Å². The van der Waals surface area contributed by atoms with E-state index in [4.69, 9.17) is 39.8 Å². The largest absolute Gasteiger partial charge is 0.508 e. The number of piperazine rings is 1. The number of carbonyl (C=O) groups is 5. The number of nitrogens with zero attached hydrogens (tertiary/aromatic N) is 7. The van der Waals surface area contributed by atoms with Crippen LogP contribution in [0.5, 0.6) is 11.8 Å². The molecular formula is C60H66F2N10O12. The summed E-state index contributed by atoms with van der Waals surface area (Å²) >= 11 is 0. The lowest BCUT2D eigenvalue weighted by Gasteiger charge is -2.35. The molecule has 5 fully saturated rings. The number of likely N-dealkylation sites (N-methyl/N-ethyl adjacent to an activating group) is 1. The third-order valence-corrected chi connectivity index (χ3v) is 16.5. The van der Waals surface area contributed by atoms with Crippen molar-refractivity contribution < 1.29 is 66.3 Å². The number of amides is 5. The van der Waals surface area contributed by atoms with Gasteiger partial charge in [0, 0.05) is 87.2 Å². The second kappa shape index (κ2) is 25.1. The van der Waals surface area contributed by atoms with Crippen molar-refractivity contribution in [2.45, 2.75) is 74.7 Å². The lowest BCUT2D eigenvalue weighted by atomic mass is 9.94. The number of anilines is 2. The number of fused-ring (bicyclic) bond motifs is 6. The van der Waals surface area contributed by atoms with Gasteiger partial charge in [-0.15, -0.1) is 6.42 Å². The van der Waals surface area contributed by atoms with Gasteiger partial charge in [-0.2, -0.15) is 9.97 Å². The molecule has 6 aliphatic heterocycles. The summed E-state index contributed by atoms with van der Waals surface area (Å²) < 4.78 is 67.3. The number of phenolic OH excluding ortho intramolecular Hbond substituents is 1. The summed E-state index contributed by atoms with van der Waals surface area (Å²) in [7, 11) is 1.65. The fourth-order valence-corrected chi connectivity index (χ4v) is 12.4. The van der Waals surface area contributed by atoms with Crippen molar-refractivity contribution in [1.82, 2.24) is 40.3 Å². The third-order valence-electron chi connectivity index (χ3n) is 16.5. The van der Waals surface area contributed by atoms with Crippen molar-refractivity contribution in [2.75, 3.05) is 116 Å². The lowest BCUT2D eigenvalue weighted by Crippen LogP contribution is -2.54. The minimum absolute atomic E-state index is 0.0230. The van der Waals surface area contributed by atoms with Crippen molar-refractivity contribution in [1.29, 1.82) is 0 Å². The monoisotopic (exact) mass is 1160 g/mol. The van der Waals surface area contributed by atoms with Gasteiger partial charge >= 0.3 is 12.1 Å². The van der Waals surface area contributed by atoms with E-state index in [2.05, 4.69) is 48.2 Å². The van der Waals surface area contributed by atoms with E-state index in [-0.39, 0.29) is 101 Å². The second-order valence-corrected chi connectivity index (χ2v) is 22.1. The van der Waals surface area contributed by atoms with Crippen LogP contribution >= 0.6 is 0 Å². The van der Waals surface area contributed by atoms with Crippen molar-refractivity contribution in [3.05, 3.63) is 89.1 Å². The van der Waals surface area contributed by atoms with E-state index < -0.39 is 52.9 Å². The molecule has 5 atom stereocenters. The molecule has 8 heterocycles. The number of pyridine rings is 1. The van der Waals surface area contributed by atoms with Gasteiger partial charge in [-0.3, -0.25) is 39.3 Å². The van der Waals surface area contributed by atoms with Crippen LogP contribution < -0.4 is 25.6 Å². The first-order valence-electron chi connectivity index (χ1n) is 28.3. The molecule has 4 N–H and O–H groups in total. The minimum atomic E-state index is -1.02. The van der Waals surface area contributed by atoms with Crippen LogP contribution in [0.4, 0.5) is 25.1 Å². The van der Waals surface area contributed by atoms with Crippen LogP contribution in [0.2, 0.25) is 0 Å². The zero-order chi connectivity index (χ0) is 58.6. The van der Waals surface area contributed by atoms with Gasteiger partial charge in [0.1, 0.15) is 47.9 Å². The molecule has 3 aromatic carbocycles. The Hall–Kier alpha value is -7.92. The zero-order valence-electron chi connectivity index (χ0n) is 46.6. The van der Waals surface area contributed by atoms with Crippen LogP contribution in [0.25, 0.3) is 32.9 Å². The van der Waals surface area contributed by atoms with Crippen LogP contribution in [0.3, 0.4) is 0 Å². The maximum atomic E-state index is 17.2. The number of aromatic hydroxyl groups is 1. The van der Waals surface area contributed by atoms with Gasteiger partial charge in [-0.05, 0) is 80.3 Å². The van der Waals surface area contributed by atoms with E-state index in [0.29, 0.717) is 108 Å². The number of piperidine rings is 1. The number of hydrogen-bond acceptors (Lipinski definition) is 19. The number of halogens is 2. The maximum Gasteiger partial charge on any atom is 0.409 e. The highest BCUT2D eigenvalue weighted by Gasteiger charge is 2.52. The number of benzene rings is 3. The Kier molecular flexibility index (Phi) is 17.3. The van der Waals surface area contributed by atoms with Crippen molar-refractivity contribution in [3.8, 4) is 35.4 Å². The normalized spacial score (nSPS) is 22.0. The number of ether oxygens (including phenoxy) is 6. The van der Waals surface area contributed by atoms with E-state index in [1.807, 2.05) is 0 Å². The molecular weight excluding hydrogens is 1090 g/mol. The Bertz CT molecular complexity index is 3440. The summed E-state index contributed by atoms with van der Waals surface area (Å²) in [5.41, 5.74) is 1.35. The number of terminal acetylenes is 1. The fraction of sp³-hybridized carbons (Fsp3) is 0.467. The first-order chi connectivity index (χ1) is 40.7. The fourth-order valence-electron chi connectivity index (χ4n) is 12.4. The predicted octanol–water partition coefficient (Wildman–Crippen LogP) is 4.94. The Morgan fingerprint density at radius 2 is 1.63 bits per heavy atom. The van der Waals surface area contributed by atoms with Gasteiger partial charge < -0.3 is 54.0 Å². The molecule has 0 saturated carbocycles. The van der Waals surface area contributed by atoms with E-state index >= 15 is 8.78 Å². The molecule has 0 spiro atoms. The first kappa shape index (κ1) is 57.9. The Morgan fingerprint density at radius 1 is 0.905 bits per heavy atom. The highest BCUT2D eigenvalue weighted by Crippen LogP contribution is 2.45. The highest BCUT2D eigenvalue weighted by atomic mass is 19.1. The minimum Gasteiger partial charge on any atom is -0.508 e. The quantitative estimate of drug-likeness (QED) is 0.0276. The van der Waals surface area contributed by atoms with E-state index in [1.165, 1.54) is 35.4 Å². The second-order valence-electron chi connectivity index (χ2n) is 22.1. The summed E-state index contributed by atoms with van der Waals surface area (Å²) in [5.74, 6) is -0.977. The molecule has 2 aromatic heterocycles. The maximum absolute atomic E-state index is 17.2. The van der Waals surface area contributed by atoms with Crippen molar-refractivity contribution in [3.63, 3.8) is 0 Å². The topological polar surface area (TPSA) is 249 Å². The number of carbonyl (C=O) groups excluding carboxylic acids is 5. The molecule has 442 valence electrons. The number of phenols is 1. The van der Waals surface area contributed by atoms with Gasteiger partial charge in [0.15, 0.2) is 5.82 Å². The summed E-state index contributed by atoms with van der Waals surface area (Å²) in [6, 6.07) is 9.55. The van der Waals surface area contributed by atoms with Gasteiger partial charge in [0.2, 0.25) is 11.8 Å². The molecule has 0 radical (unpaired) electrons. The highest BCUT2D eigenvalue weighted by molar-refractivity contribution is 6.23. The number of hydrogen-bond donors (Lipinski definition) is 4. The van der Waals surface area contributed by atoms with Crippen LogP contribution in [0, 0.1) is 24.0 Å². The average molecular weight is 1160 g/mol. The van der Waals surface area contributed by atoms with Gasteiger partial charge in [-0.25, -0.2) is 13.6 Å². The lowest BCUT2D eigenvalue weighted by molar-refractivity contribution is -0.136. The summed E-state index contributed by atoms with van der Waals surface area (Å²) in [4.78, 5) is 84.0. The summed E-state index contributed by atoms with van der Waals surface area (Å²) in [5, 5.41) is 20.8. The number of aromatic nitrogens is 3. The van der Waals surface area contributed by atoms with E-state index in [0.717, 1.165) is 36.2 Å². The summed E-state index contributed by atoms with van der Waals surface area (Å²) in [6.45, 7) is 9.92. The molecule has 11 rings (SSSR count). The Morgan fingerprint density at radius 3 is 2.37 bits per heavy atom. The smallest absolute Gasteiger partial charge is 0.409 e. The van der Waals surface area contributed by atoms with E-state index in [9.17, 15) is 29.1 Å². The standard InChI is InChI=1S/C60H66F2N10O12/c1-4-42-47(61)10-5-36-25-41(73)27-45(50(36)42)52-51(62)53-46(29-64-52)54(70-31-38-6-7-39(32-70)65-38)68-58(67-53)84-34-60-14-13-40(71(60)30-35(2)28-60)33-83-59(78)69(3)16-18-80-20-22-82-24-23-81-21-19-79-17-15-63-37-8-9-43-44(26-37)57(77)72(56(43)76)48-11-12-49(74)66-55(48)75/h1,5,8-10,25-27,29,38-40,48,63,65,73H,2,6-7,11-24,28,30-34H2,3H3,(H,66,74,75)/t38?,39?,40-,48?,60-/m0/s1. The first-order valence-corrected chi connectivity index (χ1v) is 28.3. The van der Waals surface area contributed by atoms with E-state index in [1.54, 1.807) is 25.2 Å². The van der Waals surface area contributed by atoms with Crippen molar-refractivity contribution >= 4 is 62.9 Å². The van der Waals surface area contributed by atoms with Crippen LogP contribution in [-0.2, 0) is 33.3 Å². The third kappa shape index (κ3) is 12.1. The predicted molar refractivity (Wildman–Crippen MR) is 303 cm³/mol. The van der Waals surface area contributed by atoms with Crippen molar-refractivity contribution in [2.24, 2.45) is 0 Å². The number of imide groups is 2. The van der Waals surface area contributed by atoms with Gasteiger partial charge in [0.25, 0.3) is 11.8 Å². The molecule has 84 heavy (non-hydrogen) atoms. The Balaban J connectivity index is 0.596. The zero-order valence-corrected chi connectivity index (χ0v) is 46.6. The number of rotatable bonds is 24. The molecule has 0 aliphatic carbocycles. The molecule has 5 saturated heterocycles. The molecule has 22 nitrogen and oxygen atoms in total. The molecule has 24 heteroatoms. The molecule has 2 bridgehead atoms. The summed E-state index contributed by atoms with van der Waals surface area (Å²) in [6.07, 6.45) is 11.0. The molecule has 6 aliphatic rings. The molecule has 3 unspecified atom stereocenters. The van der Waals surface area contributed by atoms with Crippen LogP contribution in [-0.4, -0.2) is 200 Å². The average Bonchev–Trinajstić information content (AvgIpc) is 2.30. The van der Waals surface area contributed by atoms with Gasteiger partial charge in [0.05, 0.1) is 80.5 Å². The number of nitrogens with one attached hydrogen (secondary N) is 3. The van der Waals surface area contributed by atoms with Crippen LogP contribution in [0.1, 0.15) is 71.2 Å². The Labute approximate surface area is 483 Å². The molecule has 5 amide bonds. The SMILES string of the molecule is C#Cc1c(F)ccc2cc(O)cc(-c3ncc4c(N5CC6CCC(C5)N6)nc(OC[C@@]56CC[C@@H](COC(=O)N(C)CCOCCOCCOCCOCCNc7ccc8c(c7)C(=O)N(C7CCC(=O)NC7=O)C8=O)N5CC(=C)C6)nc4c3F)c12. The van der Waals surface area contributed by atoms with Crippen LogP contribution in [0.15, 0.2) is 60.8 Å². The molecule has 5 aromatic rings.